The van der Waals surface area contributed by atoms with Crippen molar-refractivity contribution in [3.8, 4) is 5.75 Å². The van der Waals surface area contributed by atoms with Crippen molar-refractivity contribution in [3.63, 3.8) is 0 Å². The third-order valence-electron chi connectivity index (χ3n) is 4.67. The Morgan fingerprint density at radius 1 is 1.19 bits per heavy atom. The minimum absolute atomic E-state index is 0.0917. The highest BCUT2D eigenvalue weighted by molar-refractivity contribution is 5.78. The first-order chi connectivity index (χ1) is 12.5. The van der Waals surface area contributed by atoms with Gasteiger partial charge in [0.25, 0.3) is 5.91 Å². The topological polar surface area (TPSA) is 81.5 Å². The van der Waals surface area contributed by atoms with E-state index in [9.17, 15) is 14.9 Å². The number of aryl methyl sites for hydroxylation is 2. The van der Waals surface area contributed by atoms with E-state index in [4.69, 9.17) is 4.74 Å². The van der Waals surface area contributed by atoms with Crippen LogP contribution in [0.3, 0.4) is 0 Å². The SMILES string of the molecule is C[C@@H](NC(=O)COc1ccccc1[N+](=O)[O-])c1ccc2c(c1)CCCC2. The Morgan fingerprint density at radius 3 is 2.69 bits per heavy atom. The van der Waals surface area contributed by atoms with E-state index in [0.29, 0.717) is 0 Å². The van der Waals surface area contributed by atoms with Gasteiger partial charge in [0.15, 0.2) is 12.4 Å². The molecule has 1 atom stereocenters. The molecule has 0 aliphatic heterocycles. The molecule has 0 aromatic heterocycles. The standard InChI is InChI=1S/C20H22N2O4/c1-14(16-11-10-15-6-2-3-7-17(15)12-16)21-20(23)13-26-19-9-5-4-8-18(19)22(24)25/h4-5,8-12,14H,2-3,6-7,13H2,1H3,(H,21,23)/t14-/m1/s1. The van der Waals surface area contributed by atoms with Gasteiger partial charge >= 0.3 is 5.69 Å². The predicted octanol–water partition coefficient (Wildman–Crippen LogP) is 3.73. The monoisotopic (exact) mass is 354 g/mol. The number of nitro benzene ring substituents is 1. The molecule has 1 amide bonds. The molecule has 0 radical (unpaired) electrons. The van der Waals surface area contributed by atoms with Crippen molar-refractivity contribution in [2.45, 2.75) is 38.6 Å². The molecule has 0 saturated heterocycles. The van der Waals surface area contributed by atoms with Gasteiger partial charge in [-0.15, -0.1) is 0 Å². The maximum absolute atomic E-state index is 12.2. The molecule has 0 bridgehead atoms. The second-order valence-corrected chi connectivity index (χ2v) is 6.54. The fraction of sp³-hybridized carbons (Fsp3) is 0.350. The maximum atomic E-state index is 12.2. The molecule has 0 fully saturated rings. The molecule has 0 unspecified atom stereocenters. The number of hydrogen-bond acceptors (Lipinski definition) is 4. The number of ether oxygens (including phenoxy) is 1. The summed E-state index contributed by atoms with van der Waals surface area (Å²) in [5.41, 5.74) is 3.68. The summed E-state index contributed by atoms with van der Waals surface area (Å²) in [6.07, 6.45) is 4.66. The molecule has 1 aliphatic carbocycles. The fourth-order valence-electron chi connectivity index (χ4n) is 3.26. The van der Waals surface area contributed by atoms with Crippen LogP contribution in [0.15, 0.2) is 42.5 Å². The van der Waals surface area contributed by atoms with Gasteiger partial charge in [-0.25, -0.2) is 0 Å². The molecule has 2 aromatic rings. The number of fused-ring (bicyclic) bond motifs is 1. The number of nitro groups is 1. The molecular formula is C20H22N2O4. The number of amides is 1. The summed E-state index contributed by atoms with van der Waals surface area (Å²) in [6, 6.07) is 12.3. The van der Waals surface area contributed by atoms with Crippen LogP contribution in [-0.2, 0) is 17.6 Å². The summed E-state index contributed by atoms with van der Waals surface area (Å²) in [5, 5.41) is 13.9. The van der Waals surface area contributed by atoms with Crippen molar-refractivity contribution in [1.29, 1.82) is 0 Å². The van der Waals surface area contributed by atoms with Gasteiger partial charge in [0, 0.05) is 6.07 Å². The Kier molecular flexibility index (Phi) is 5.51. The zero-order valence-corrected chi connectivity index (χ0v) is 14.7. The molecule has 6 nitrogen and oxygen atoms in total. The highest BCUT2D eigenvalue weighted by Crippen LogP contribution is 2.26. The lowest BCUT2D eigenvalue weighted by molar-refractivity contribution is -0.385. The highest BCUT2D eigenvalue weighted by atomic mass is 16.6. The zero-order valence-electron chi connectivity index (χ0n) is 14.7. The summed E-state index contributed by atoms with van der Waals surface area (Å²) in [7, 11) is 0. The summed E-state index contributed by atoms with van der Waals surface area (Å²) >= 11 is 0. The number of carbonyl (C=O) groups excluding carboxylic acids is 1. The molecule has 2 aromatic carbocycles. The Bertz CT molecular complexity index is 819. The number of para-hydroxylation sites is 2. The number of benzene rings is 2. The van der Waals surface area contributed by atoms with Gasteiger partial charge < -0.3 is 10.1 Å². The number of nitrogens with one attached hydrogen (secondary N) is 1. The lowest BCUT2D eigenvalue weighted by Gasteiger charge is -2.20. The molecule has 0 saturated carbocycles. The Balaban J connectivity index is 1.59. The summed E-state index contributed by atoms with van der Waals surface area (Å²) in [5.74, 6) is -0.220. The normalized spacial score (nSPS) is 14.2. The average Bonchev–Trinajstić information content (AvgIpc) is 2.66. The van der Waals surface area contributed by atoms with Crippen molar-refractivity contribution >= 4 is 11.6 Å². The van der Waals surface area contributed by atoms with Gasteiger partial charge in [-0.1, -0.05) is 30.3 Å². The Hall–Kier alpha value is -2.89. The van der Waals surface area contributed by atoms with Crippen LogP contribution in [0.5, 0.6) is 5.75 Å². The van der Waals surface area contributed by atoms with Crippen LogP contribution >= 0.6 is 0 Å². The van der Waals surface area contributed by atoms with E-state index >= 15 is 0 Å². The Morgan fingerprint density at radius 2 is 1.92 bits per heavy atom. The molecule has 1 N–H and O–H groups in total. The van der Waals surface area contributed by atoms with E-state index in [0.717, 1.165) is 18.4 Å². The lowest BCUT2D eigenvalue weighted by Crippen LogP contribution is -2.31. The van der Waals surface area contributed by atoms with Gasteiger partial charge in [-0.2, -0.15) is 0 Å². The molecule has 1 aliphatic rings. The van der Waals surface area contributed by atoms with E-state index < -0.39 is 4.92 Å². The largest absolute Gasteiger partial charge is 0.477 e. The number of hydrogen-bond donors (Lipinski definition) is 1. The van der Waals surface area contributed by atoms with E-state index in [1.165, 1.54) is 36.1 Å². The van der Waals surface area contributed by atoms with Crippen molar-refractivity contribution in [3.05, 3.63) is 69.3 Å². The minimum Gasteiger partial charge on any atom is -0.477 e. The van der Waals surface area contributed by atoms with Crippen molar-refractivity contribution in [2.24, 2.45) is 0 Å². The van der Waals surface area contributed by atoms with E-state index in [2.05, 4.69) is 23.5 Å². The third-order valence-corrected chi connectivity index (χ3v) is 4.67. The van der Waals surface area contributed by atoms with Crippen LogP contribution < -0.4 is 10.1 Å². The van der Waals surface area contributed by atoms with Crippen LogP contribution in [0.1, 0.15) is 42.5 Å². The summed E-state index contributed by atoms with van der Waals surface area (Å²) in [6.45, 7) is 1.66. The lowest BCUT2D eigenvalue weighted by atomic mass is 9.89. The quantitative estimate of drug-likeness (QED) is 0.633. The molecular weight excluding hydrogens is 332 g/mol. The van der Waals surface area contributed by atoms with Gasteiger partial charge in [-0.05, 0) is 55.4 Å². The van der Waals surface area contributed by atoms with Crippen LogP contribution in [0, 0.1) is 10.1 Å². The number of rotatable bonds is 6. The van der Waals surface area contributed by atoms with E-state index in [-0.39, 0.29) is 30.0 Å². The van der Waals surface area contributed by atoms with Gasteiger partial charge in [0.05, 0.1) is 11.0 Å². The second-order valence-electron chi connectivity index (χ2n) is 6.54. The van der Waals surface area contributed by atoms with Gasteiger partial charge in [0.1, 0.15) is 0 Å². The van der Waals surface area contributed by atoms with Crippen molar-refractivity contribution in [1.82, 2.24) is 5.32 Å². The number of nitrogens with zero attached hydrogens (tertiary/aromatic N) is 1. The molecule has 0 heterocycles. The van der Waals surface area contributed by atoms with Crippen LogP contribution in [0.25, 0.3) is 0 Å². The second kappa shape index (κ2) is 7.99. The first kappa shape index (κ1) is 17.9. The first-order valence-electron chi connectivity index (χ1n) is 8.82. The van der Waals surface area contributed by atoms with Crippen LogP contribution in [0.4, 0.5) is 5.69 Å². The molecule has 6 heteroatoms. The third kappa shape index (κ3) is 4.20. The smallest absolute Gasteiger partial charge is 0.310 e. The molecule has 136 valence electrons. The summed E-state index contributed by atoms with van der Waals surface area (Å²) in [4.78, 5) is 22.6. The maximum Gasteiger partial charge on any atom is 0.310 e. The molecule has 0 spiro atoms. The van der Waals surface area contributed by atoms with E-state index in [1.807, 2.05) is 6.92 Å². The zero-order chi connectivity index (χ0) is 18.5. The summed E-state index contributed by atoms with van der Waals surface area (Å²) < 4.78 is 5.33. The first-order valence-corrected chi connectivity index (χ1v) is 8.82. The average molecular weight is 354 g/mol. The fourth-order valence-corrected chi connectivity index (χ4v) is 3.26. The Labute approximate surface area is 152 Å². The van der Waals surface area contributed by atoms with Crippen molar-refractivity contribution in [2.75, 3.05) is 6.61 Å². The van der Waals surface area contributed by atoms with Crippen LogP contribution in [-0.4, -0.2) is 17.4 Å². The number of carbonyl (C=O) groups is 1. The predicted molar refractivity (Wildman–Crippen MR) is 98.2 cm³/mol. The van der Waals surface area contributed by atoms with Gasteiger partial charge in [-0.3, -0.25) is 14.9 Å². The minimum atomic E-state index is -0.525. The molecule has 3 rings (SSSR count). The van der Waals surface area contributed by atoms with Crippen molar-refractivity contribution < 1.29 is 14.5 Å². The van der Waals surface area contributed by atoms with Gasteiger partial charge in [0.2, 0.25) is 0 Å². The van der Waals surface area contributed by atoms with Crippen LogP contribution in [0.2, 0.25) is 0 Å². The highest BCUT2D eigenvalue weighted by Gasteiger charge is 2.17. The molecule has 26 heavy (non-hydrogen) atoms. The van der Waals surface area contributed by atoms with E-state index in [1.54, 1.807) is 12.1 Å².